The van der Waals surface area contributed by atoms with Gasteiger partial charge in [-0.3, -0.25) is 20.3 Å². The lowest BCUT2D eigenvalue weighted by molar-refractivity contribution is -0.384. The molecular formula is C23H24N4O7S. The van der Waals surface area contributed by atoms with Crippen molar-refractivity contribution in [3.05, 3.63) is 76.3 Å². The molecule has 0 amide bonds. The molecule has 3 rings (SSSR count). The van der Waals surface area contributed by atoms with Gasteiger partial charge in [0.1, 0.15) is 11.4 Å². The molecule has 0 saturated carbocycles. The number of hydrogen-bond acceptors (Lipinski definition) is 9. The lowest BCUT2D eigenvalue weighted by atomic mass is 10.2. The lowest BCUT2D eigenvalue weighted by Gasteiger charge is -2.10. The average molecular weight is 501 g/mol. The molecule has 0 radical (unpaired) electrons. The van der Waals surface area contributed by atoms with Crippen LogP contribution in [-0.2, 0) is 10.0 Å². The first-order valence-electron chi connectivity index (χ1n) is 10.3. The highest BCUT2D eigenvalue weighted by molar-refractivity contribution is 7.92. The van der Waals surface area contributed by atoms with Crippen LogP contribution in [0.4, 0.5) is 17.1 Å². The van der Waals surface area contributed by atoms with Gasteiger partial charge >= 0.3 is 0 Å². The van der Waals surface area contributed by atoms with Crippen LogP contribution in [0.25, 0.3) is 0 Å². The van der Waals surface area contributed by atoms with Crippen molar-refractivity contribution in [2.45, 2.75) is 11.8 Å². The Balaban J connectivity index is 1.79. The van der Waals surface area contributed by atoms with E-state index in [-0.39, 0.29) is 16.3 Å². The molecule has 0 bridgehead atoms. The van der Waals surface area contributed by atoms with Crippen molar-refractivity contribution in [2.24, 2.45) is 5.10 Å². The third-order valence-corrected chi connectivity index (χ3v) is 6.08. The molecule has 0 saturated heterocycles. The molecule has 0 aliphatic rings. The van der Waals surface area contributed by atoms with Gasteiger partial charge in [-0.1, -0.05) is 0 Å². The summed E-state index contributed by atoms with van der Waals surface area (Å²) in [6.07, 6.45) is 1.44. The van der Waals surface area contributed by atoms with Crippen molar-refractivity contribution >= 4 is 33.3 Å². The van der Waals surface area contributed by atoms with Crippen molar-refractivity contribution in [1.29, 1.82) is 0 Å². The number of sulfonamides is 1. The first kappa shape index (κ1) is 25.3. The van der Waals surface area contributed by atoms with E-state index in [2.05, 4.69) is 15.2 Å². The number of nitro groups is 1. The summed E-state index contributed by atoms with van der Waals surface area (Å²) in [5.41, 5.74) is 3.09. The first-order chi connectivity index (χ1) is 16.8. The number of nitro benzene ring substituents is 1. The van der Waals surface area contributed by atoms with E-state index in [0.717, 1.165) is 6.07 Å². The second kappa shape index (κ2) is 11.2. The first-order valence-corrected chi connectivity index (χ1v) is 11.8. The molecule has 11 nitrogen and oxygen atoms in total. The standard InChI is InChI=1S/C23H24N4O7S/c1-4-34-22-12-5-16(13-23(22)33-3)15-24-25-20-11-10-19(14-21(20)27(28)29)35(30,31)26-17-6-8-18(32-2)9-7-17/h5-15,25-26H,4H2,1-3H3/b24-15+. The molecule has 0 aromatic heterocycles. The molecule has 3 aromatic rings. The maximum absolute atomic E-state index is 12.7. The van der Waals surface area contributed by atoms with Crippen molar-refractivity contribution in [2.75, 3.05) is 31.0 Å². The fourth-order valence-corrected chi connectivity index (χ4v) is 4.09. The van der Waals surface area contributed by atoms with Gasteiger partial charge in [0.2, 0.25) is 0 Å². The monoisotopic (exact) mass is 500 g/mol. The van der Waals surface area contributed by atoms with Crippen molar-refractivity contribution in [1.82, 2.24) is 0 Å². The highest BCUT2D eigenvalue weighted by Gasteiger charge is 2.21. The van der Waals surface area contributed by atoms with Crippen LogP contribution in [0.15, 0.2) is 70.7 Å². The number of nitrogens with one attached hydrogen (secondary N) is 2. The maximum atomic E-state index is 12.7. The van der Waals surface area contributed by atoms with E-state index < -0.39 is 20.6 Å². The van der Waals surface area contributed by atoms with Crippen LogP contribution >= 0.6 is 0 Å². The molecular weight excluding hydrogens is 476 g/mol. The third kappa shape index (κ3) is 6.38. The fourth-order valence-electron chi connectivity index (χ4n) is 3.01. The van der Waals surface area contributed by atoms with Gasteiger partial charge < -0.3 is 14.2 Å². The summed E-state index contributed by atoms with van der Waals surface area (Å²) < 4.78 is 43.7. The van der Waals surface area contributed by atoms with E-state index in [1.807, 2.05) is 6.92 Å². The predicted molar refractivity (Wildman–Crippen MR) is 132 cm³/mol. The number of methoxy groups -OCH3 is 2. The largest absolute Gasteiger partial charge is 0.497 e. The van der Waals surface area contributed by atoms with Gasteiger partial charge in [0, 0.05) is 11.8 Å². The summed E-state index contributed by atoms with van der Waals surface area (Å²) in [4.78, 5) is 10.6. The Morgan fingerprint density at radius 1 is 1.00 bits per heavy atom. The molecule has 0 heterocycles. The van der Waals surface area contributed by atoms with Crippen LogP contribution in [0.1, 0.15) is 12.5 Å². The van der Waals surface area contributed by atoms with E-state index in [1.54, 1.807) is 30.3 Å². The van der Waals surface area contributed by atoms with E-state index in [1.165, 1.54) is 44.7 Å². The molecule has 0 atom stereocenters. The van der Waals surface area contributed by atoms with Crippen LogP contribution in [0.2, 0.25) is 0 Å². The Hall–Kier alpha value is -4.32. The minimum Gasteiger partial charge on any atom is -0.497 e. The number of hydrogen-bond donors (Lipinski definition) is 2. The van der Waals surface area contributed by atoms with Crippen LogP contribution < -0.4 is 24.4 Å². The van der Waals surface area contributed by atoms with Gasteiger partial charge in [0.25, 0.3) is 15.7 Å². The topological polar surface area (TPSA) is 141 Å². The van der Waals surface area contributed by atoms with Gasteiger partial charge in [-0.25, -0.2) is 8.42 Å². The molecule has 2 N–H and O–H groups in total. The number of rotatable bonds is 11. The zero-order chi connectivity index (χ0) is 25.4. The number of benzene rings is 3. The minimum absolute atomic E-state index is 0.0209. The normalized spacial score (nSPS) is 11.2. The summed E-state index contributed by atoms with van der Waals surface area (Å²) in [6, 6.07) is 14.9. The molecule has 12 heteroatoms. The Kier molecular flexibility index (Phi) is 8.10. The average Bonchev–Trinajstić information content (AvgIpc) is 2.85. The van der Waals surface area contributed by atoms with Gasteiger partial charge in [-0.15, -0.1) is 0 Å². The van der Waals surface area contributed by atoms with Gasteiger partial charge in [-0.05, 0) is 67.1 Å². The molecule has 35 heavy (non-hydrogen) atoms. The summed E-state index contributed by atoms with van der Waals surface area (Å²) in [6.45, 7) is 2.34. The smallest absolute Gasteiger partial charge is 0.295 e. The van der Waals surface area contributed by atoms with Crippen molar-refractivity contribution in [3.63, 3.8) is 0 Å². The second-order valence-corrected chi connectivity index (χ2v) is 8.67. The zero-order valence-corrected chi connectivity index (χ0v) is 20.0. The maximum Gasteiger partial charge on any atom is 0.295 e. The summed E-state index contributed by atoms with van der Waals surface area (Å²) >= 11 is 0. The van der Waals surface area contributed by atoms with Crippen LogP contribution in [0, 0.1) is 10.1 Å². The highest BCUT2D eigenvalue weighted by Crippen LogP contribution is 2.30. The Morgan fingerprint density at radius 3 is 2.37 bits per heavy atom. The number of anilines is 2. The number of ether oxygens (including phenoxy) is 3. The molecule has 0 spiro atoms. The van der Waals surface area contributed by atoms with Crippen LogP contribution in [-0.4, -0.2) is 40.4 Å². The van der Waals surface area contributed by atoms with Crippen LogP contribution in [0.5, 0.6) is 17.2 Å². The highest BCUT2D eigenvalue weighted by atomic mass is 32.2. The molecule has 184 valence electrons. The molecule has 0 aliphatic heterocycles. The van der Waals surface area contributed by atoms with Crippen LogP contribution in [0.3, 0.4) is 0 Å². The Morgan fingerprint density at radius 2 is 1.74 bits per heavy atom. The fraction of sp³-hybridized carbons (Fsp3) is 0.174. The Labute approximate surface area is 202 Å². The van der Waals surface area contributed by atoms with Crippen molar-refractivity contribution in [3.8, 4) is 17.2 Å². The van der Waals surface area contributed by atoms with E-state index >= 15 is 0 Å². The minimum atomic E-state index is -4.07. The molecule has 3 aromatic carbocycles. The van der Waals surface area contributed by atoms with Gasteiger partial charge in [-0.2, -0.15) is 5.10 Å². The third-order valence-electron chi connectivity index (χ3n) is 4.70. The predicted octanol–water partition coefficient (Wildman–Crippen LogP) is 4.26. The van der Waals surface area contributed by atoms with Gasteiger partial charge in [0.15, 0.2) is 11.5 Å². The van der Waals surface area contributed by atoms with E-state index in [4.69, 9.17) is 14.2 Å². The van der Waals surface area contributed by atoms with Crippen molar-refractivity contribution < 1.29 is 27.6 Å². The number of nitrogens with zero attached hydrogens (tertiary/aromatic N) is 2. The summed E-state index contributed by atoms with van der Waals surface area (Å²) in [5, 5.41) is 15.6. The van der Waals surface area contributed by atoms with E-state index in [9.17, 15) is 18.5 Å². The quantitative estimate of drug-likeness (QED) is 0.226. The van der Waals surface area contributed by atoms with E-state index in [0.29, 0.717) is 29.4 Å². The van der Waals surface area contributed by atoms with Gasteiger partial charge in [0.05, 0.1) is 36.9 Å². The molecule has 0 unspecified atom stereocenters. The zero-order valence-electron chi connectivity index (χ0n) is 19.2. The molecule has 0 aliphatic carbocycles. The molecule has 0 fully saturated rings. The SMILES string of the molecule is CCOc1ccc(/C=N/Nc2ccc(S(=O)(=O)Nc3ccc(OC)cc3)cc2[N+](=O)[O-])cc1OC. The second-order valence-electron chi connectivity index (χ2n) is 6.98. The summed E-state index contributed by atoms with van der Waals surface area (Å²) in [7, 11) is -1.07. The summed E-state index contributed by atoms with van der Waals surface area (Å²) in [5.74, 6) is 1.65. The lowest BCUT2D eigenvalue weighted by Crippen LogP contribution is -2.13. The Bertz CT molecular complexity index is 1330. The number of hydrazone groups is 1.